The topological polar surface area (TPSA) is 56.1 Å². The SMILES string of the molecule is O=C(c1cn2ccsc2n1)N(CCOc1ccccc1)C[C@H]1CCCO1. The normalized spacial score (nSPS) is 16.8. The maximum Gasteiger partial charge on any atom is 0.274 e. The van der Waals surface area contributed by atoms with Crippen molar-refractivity contribution in [2.24, 2.45) is 0 Å². The van der Waals surface area contributed by atoms with Crippen LogP contribution in [0, 0.1) is 0 Å². The number of hydrogen-bond donors (Lipinski definition) is 0. The van der Waals surface area contributed by atoms with Gasteiger partial charge in [0.2, 0.25) is 0 Å². The smallest absolute Gasteiger partial charge is 0.274 e. The van der Waals surface area contributed by atoms with Crippen LogP contribution in [-0.2, 0) is 4.74 Å². The van der Waals surface area contributed by atoms with Crippen LogP contribution in [-0.4, -0.2) is 52.6 Å². The molecular formula is C19H21N3O3S. The van der Waals surface area contributed by atoms with Crippen molar-refractivity contribution in [2.45, 2.75) is 18.9 Å². The van der Waals surface area contributed by atoms with Crippen molar-refractivity contribution in [2.75, 3.05) is 26.3 Å². The molecule has 0 aliphatic carbocycles. The molecule has 4 rings (SSSR count). The van der Waals surface area contributed by atoms with Crippen LogP contribution in [0.3, 0.4) is 0 Å². The van der Waals surface area contributed by atoms with Gasteiger partial charge in [0.15, 0.2) is 4.96 Å². The summed E-state index contributed by atoms with van der Waals surface area (Å²) in [5.41, 5.74) is 0.467. The molecule has 0 unspecified atom stereocenters. The van der Waals surface area contributed by atoms with E-state index in [1.165, 1.54) is 11.3 Å². The summed E-state index contributed by atoms with van der Waals surface area (Å²) < 4.78 is 13.4. The van der Waals surface area contributed by atoms with Crippen LogP contribution < -0.4 is 4.74 Å². The monoisotopic (exact) mass is 371 g/mol. The Bertz CT molecular complexity index is 827. The lowest BCUT2D eigenvalue weighted by Crippen LogP contribution is -2.40. The second-order valence-electron chi connectivity index (χ2n) is 6.27. The van der Waals surface area contributed by atoms with Gasteiger partial charge < -0.3 is 14.4 Å². The number of benzene rings is 1. The van der Waals surface area contributed by atoms with Gasteiger partial charge in [0, 0.05) is 30.9 Å². The second kappa shape index (κ2) is 7.88. The Kier molecular flexibility index (Phi) is 5.17. The number of imidazole rings is 1. The van der Waals surface area contributed by atoms with E-state index in [0.29, 0.717) is 25.4 Å². The number of ether oxygens (including phenoxy) is 2. The fourth-order valence-corrected chi connectivity index (χ4v) is 3.79. The predicted octanol–water partition coefficient (Wildman–Crippen LogP) is 3.10. The van der Waals surface area contributed by atoms with Crippen LogP contribution in [0.15, 0.2) is 48.1 Å². The summed E-state index contributed by atoms with van der Waals surface area (Å²) in [7, 11) is 0. The third-order valence-corrected chi connectivity index (χ3v) is 5.19. The van der Waals surface area contributed by atoms with E-state index in [2.05, 4.69) is 4.98 Å². The third kappa shape index (κ3) is 3.89. The second-order valence-corrected chi connectivity index (χ2v) is 7.14. The van der Waals surface area contributed by atoms with Gasteiger partial charge in [0.25, 0.3) is 5.91 Å². The van der Waals surface area contributed by atoms with Crippen molar-refractivity contribution in [3.8, 4) is 5.75 Å². The number of rotatable bonds is 7. The largest absolute Gasteiger partial charge is 0.492 e. The van der Waals surface area contributed by atoms with Gasteiger partial charge in [-0.3, -0.25) is 9.20 Å². The molecule has 0 saturated carbocycles. The first-order valence-corrected chi connectivity index (χ1v) is 9.68. The molecule has 1 aliphatic heterocycles. The first-order valence-electron chi connectivity index (χ1n) is 8.80. The summed E-state index contributed by atoms with van der Waals surface area (Å²) >= 11 is 1.52. The lowest BCUT2D eigenvalue weighted by Gasteiger charge is -2.24. The number of para-hydroxylation sites is 1. The predicted molar refractivity (Wildman–Crippen MR) is 99.9 cm³/mol. The number of carbonyl (C=O) groups is 1. The minimum atomic E-state index is -0.0759. The number of hydrogen-bond acceptors (Lipinski definition) is 5. The molecule has 6 nitrogen and oxygen atoms in total. The lowest BCUT2D eigenvalue weighted by atomic mass is 10.2. The van der Waals surface area contributed by atoms with Crippen LogP contribution in [0.4, 0.5) is 0 Å². The van der Waals surface area contributed by atoms with Crippen LogP contribution in [0.5, 0.6) is 5.75 Å². The molecule has 7 heteroatoms. The van der Waals surface area contributed by atoms with E-state index in [-0.39, 0.29) is 12.0 Å². The number of aromatic nitrogens is 2. The zero-order valence-electron chi connectivity index (χ0n) is 14.4. The van der Waals surface area contributed by atoms with Crippen molar-refractivity contribution in [1.82, 2.24) is 14.3 Å². The molecule has 0 spiro atoms. The highest BCUT2D eigenvalue weighted by Crippen LogP contribution is 2.17. The molecule has 1 atom stereocenters. The Morgan fingerprint density at radius 2 is 2.27 bits per heavy atom. The zero-order chi connectivity index (χ0) is 17.8. The minimum absolute atomic E-state index is 0.0759. The highest BCUT2D eigenvalue weighted by molar-refractivity contribution is 7.15. The van der Waals surface area contributed by atoms with E-state index < -0.39 is 0 Å². The number of thiazole rings is 1. The van der Waals surface area contributed by atoms with Crippen molar-refractivity contribution in [1.29, 1.82) is 0 Å². The van der Waals surface area contributed by atoms with E-state index in [1.54, 1.807) is 11.1 Å². The van der Waals surface area contributed by atoms with Gasteiger partial charge in [-0.2, -0.15) is 0 Å². The van der Waals surface area contributed by atoms with Crippen molar-refractivity contribution < 1.29 is 14.3 Å². The Balaban J connectivity index is 1.44. The maximum absolute atomic E-state index is 13.0. The molecule has 1 amide bonds. The number of amides is 1. The number of nitrogens with zero attached hydrogens (tertiary/aromatic N) is 3. The van der Waals surface area contributed by atoms with Crippen LogP contribution in [0.25, 0.3) is 4.96 Å². The van der Waals surface area contributed by atoms with Gasteiger partial charge in [0.1, 0.15) is 18.1 Å². The van der Waals surface area contributed by atoms with Crippen molar-refractivity contribution in [3.05, 3.63) is 53.8 Å². The van der Waals surface area contributed by atoms with Gasteiger partial charge >= 0.3 is 0 Å². The number of carbonyl (C=O) groups excluding carboxylic acids is 1. The van der Waals surface area contributed by atoms with Gasteiger partial charge in [-0.15, -0.1) is 11.3 Å². The van der Waals surface area contributed by atoms with Crippen LogP contribution >= 0.6 is 11.3 Å². The average Bonchev–Trinajstić information content (AvgIpc) is 3.38. The molecule has 1 saturated heterocycles. The Labute approximate surface area is 156 Å². The van der Waals surface area contributed by atoms with Gasteiger partial charge in [0.05, 0.1) is 12.6 Å². The summed E-state index contributed by atoms with van der Waals surface area (Å²) in [6.45, 7) is 2.28. The molecule has 1 fully saturated rings. The quantitative estimate of drug-likeness (QED) is 0.640. The first kappa shape index (κ1) is 17.1. The van der Waals surface area contributed by atoms with E-state index in [4.69, 9.17) is 9.47 Å². The van der Waals surface area contributed by atoms with Crippen LogP contribution in [0.1, 0.15) is 23.3 Å². The fraction of sp³-hybridized carbons (Fsp3) is 0.368. The molecule has 136 valence electrons. The Hall–Kier alpha value is -2.38. The molecule has 0 bridgehead atoms. The minimum Gasteiger partial charge on any atom is -0.492 e. The molecule has 1 aromatic carbocycles. The molecule has 3 aromatic rings. The van der Waals surface area contributed by atoms with Crippen molar-refractivity contribution >= 4 is 22.2 Å². The van der Waals surface area contributed by atoms with E-state index in [0.717, 1.165) is 30.2 Å². The Morgan fingerprint density at radius 3 is 3.04 bits per heavy atom. The van der Waals surface area contributed by atoms with E-state index in [9.17, 15) is 4.79 Å². The third-order valence-electron chi connectivity index (χ3n) is 4.42. The summed E-state index contributed by atoms with van der Waals surface area (Å²) in [5.74, 6) is 0.729. The zero-order valence-corrected chi connectivity index (χ0v) is 15.2. The van der Waals surface area contributed by atoms with Crippen LogP contribution in [0.2, 0.25) is 0 Å². The molecule has 2 aromatic heterocycles. The van der Waals surface area contributed by atoms with Crippen molar-refractivity contribution in [3.63, 3.8) is 0 Å². The summed E-state index contributed by atoms with van der Waals surface area (Å²) in [4.78, 5) is 20.1. The standard InChI is InChI=1S/C19H21N3O3S/c23-18(17-14-22-9-12-26-19(22)20-17)21(13-16-7-4-10-24-16)8-11-25-15-5-2-1-3-6-15/h1-3,5-6,9,12,14,16H,4,7-8,10-11,13H2/t16-/m1/s1. The van der Waals surface area contributed by atoms with E-state index in [1.807, 2.05) is 46.3 Å². The van der Waals surface area contributed by atoms with E-state index >= 15 is 0 Å². The summed E-state index contributed by atoms with van der Waals surface area (Å²) in [6.07, 6.45) is 5.83. The summed E-state index contributed by atoms with van der Waals surface area (Å²) in [5, 5.41) is 1.95. The summed E-state index contributed by atoms with van der Waals surface area (Å²) in [6, 6.07) is 9.64. The molecule has 26 heavy (non-hydrogen) atoms. The first-order chi connectivity index (χ1) is 12.8. The fourth-order valence-electron chi connectivity index (χ4n) is 3.09. The highest BCUT2D eigenvalue weighted by Gasteiger charge is 2.25. The molecule has 1 aliphatic rings. The Morgan fingerprint density at radius 1 is 1.38 bits per heavy atom. The number of fused-ring (bicyclic) bond motifs is 1. The van der Waals surface area contributed by atoms with Gasteiger partial charge in [-0.25, -0.2) is 4.98 Å². The van der Waals surface area contributed by atoms with Gasteiger partial charge in [-0.05, 0) is 25.0 Å². The molecule has 0 radical (unpaired) electrons. The molecule has 3 heterocycles. The molecular weight excluding hydrogens is 350 g/mol. The maximum atomic E-state index is 13.0. The highest BCUT2D eigenvalue weighted by atomic mass is 32.1. The molecule has 0 N–H and O–H groups in total. The average molecular weight is 371 g/mol. The lowest BCUT2D eigenvalue weighted by molar-refractivity contribution is 0.0490. The van der Waals surface area contributed by atoms with Gasteiger partial charge in [-0.1, -0.05) is 18.2 Å².